The number of nitrogens with one attached hydrogen (secondary N) is 1. The average Bonchev–Trinajstić information content (AvgIpc) is 3.03. The van der Waals surface area contributed by atoms with Gasteiger partial charge in [-0.05, 0) is 43.3 Å². The lowest BCUT2D eigenvalue weighted by Crippen LogP contribution is -2.49. The first-order valence-electron chi connectivity index (χ1n) is 10.3. The zero-order chi connectivity index (χ0) is 20.4. The van der Waals surface area contributed by atoms with Crippen molar-refractivity contribution < 1.29 is 4.79 Å². The van der Waals surface area contributed by atoms with E-state index in [1.807, 2.05) is 10.7 Å². The van der Waals surface area contributed by atoms with E-state index in [2.05, 4.69) is 57.6 Å². The topological polar surface area (TPSA) is 57.8 Å². The molecule has 3 heterocycles. The van der Waals surface area contributed by atoms with Gasteiger partial charge in [0.2, 0.25) is 10.7 Å². The van der Waals surface area contributed by atoms with E-state index < -0.39 is 0 Å². The Morgan fingerprint density at radius 2 is 1.90 bits per heavy atom. The highest BCUT2D eigenvalue weighted by Crippen LogP contribution is 2.21. The summed E-state index contributed by atoms with van der Waals surface area (Å²) in [5.41, 5.74) is 3.19. The van der Waals surface area contributed by atoms with Crippen molar-refractivity contribution in [3.05, 3.63) is 40.7 Å². The van der Waals surface area contributed by atoms with Crippen molar-refractivity contribution in [1.82, 2.24) is 29.3 Å². The smallest absolute Gasteiger partial charge is 0.234 e. The molecular weight excluding hydrogens is 384 g/mol. The molecule has 0 radical (unpaired) electrons. The molecule has 1 N–H and O–H groups in total. The zero-order valence-corrected chi connectivity index (χ0v) is 17.9. The van der Waals surface area contributed by atoms with Crippen molar-refractivity contribution in [2.24, 2.45) is 0 Å². The summed E-state index contributed by atoms with van der Waals surface area (Å²) in [7, 11) is 0. The van der Waals surface area contributed by atoms with Crippen molar-refractivity contribution >= 4 is 34.7 Å². The number of carbonyl (C=O) groups excluding carboxylic acids is 1. The molecule has 4 rings (SSSR count). The van der Waals surface area contributed by atoms with E-state index in [1.165, 1.54) is 10.9 Å². The van der Waals surface area contributed by atoms with Gasteiger partial charge in [0, 0.05) is 38.1 Å². The number of aryl methyl sites for hydroxylation is 1. The number of fused-ring (bicyclic) bond motifs is 3. The Balaban J connectivity index is 1.46. The summed E-state index contributed by atoms with van der Waals surface area (Å²) in [6.45, 7) is 9.63. The lowest BCUT2D eigenvalue weighted by molar-refractivity contribution is -0.122. The largest absolute Gasteiger partial charge is 0.355 e. The van der Waals surface area contributed by atoms with E-state index in [-0.39, 0.29) is 5.91 Å². The molecule has 3 aromatic rings. The van der Waals surface area contributed by atoms with Crippen LogP contribution in [-0.4, -0.2) is 69.2 Å². The van der Waals surface area contributed by atoms with E-state index in [4.69, 9.17) is 17.3 Å². The molecule has 2 aromatic heterocycles. The molecule has 0 spiro atoms. The van der Waals surface area contributed by atoms with Gasteiger partial charge in [0.15, 0.2) is 5.65 Å². The number of amides is 1. The normalized spacial score (nSPS) is 15.9. The number of piperazine rings is 1. The second-order valence-corrected chi connectivity index (χ2v) is 8.07. The van der Waals surface area contributed by atoms with Crippen LogP contribution in [0.4, 0.5) is 0 Å². The molecule has 1 amide bonds. The molecule has 0 saturated carbocycles. The summed E-state index contributed by atoms with van der Waals surface area (Å²) >= 11 is 5.76. The Kier molecular flexibility index (Phi) is 5.94. The van der Waals surface area contributed by atoms with Crippen LogP contribution >= 0.6 is 12.2 Å². The summed E-state index contributed by atoms with van der Waals surface area (Å²) in [6.07, 6.45) is 0.966. The van der Waals surface area contributed by atoms with Crippen LogP contribution in [0.15, 0.2) is 30.3 Å². The van der Waals surface area contributed by atoms with Gasteiger partial charge in [-0.2, -0.15) is 5.10 Å². The number of nitrogens with zero attached hydrogens (tertiary/aromatic N) is 5. The van der Waals surface area contributed by atoms with Crippen LogP contribution in [0.5, 0.6) is 0 Å². The summed E-state index contributed by atoms with van der Waals surface area (Å²) in [6, 6.07) is 10.4. The Morgan fingerprint density at radius 3 is 2.66 bits per heavy atom. The third kappa shape index (κ3) is 4.19. The van der Waals surface area contributed by atoms with E-state index in [0.29, 0.717) is 13.2 Å². The number of hydrogen-bond donors (Lipinski definition) is 1. The predicted octanol–water partition coefficient (Wildman–Crippen LogP) is 2.43. The van der Waals surface area contributed by atoms with Crippen LogP contribution in [0.3, 0.4) is 0 Å². The van der Waals surface area contributed by atoms with Crippen molar-refractivity contribution in [3.63, 3.8) is 0 Å². The number of aromatic nitrogens is 3. The van der Waals surface area contributed by atoms with Crippen LogP contribution < -0.4 is 5.32 Å². The molecule has 1 fully saturated rings. The Hall–Kier alpha value is -2.29. The second-order valence-electron chi connectivity index (χ2n) is 7.71. The minimum absolute atomic E-state index is 0.116. The molecule has 0 atom stereocenters. The predicted molar refractivity (Wildman–Crippen MR) is 118 cm³/mol. The fourth-order valence-electron chi connectivity index (χ4n) is 3.91. The molecular formula is C21H28N6OS. The Labute approximate surface area is 175 Å². The molecule has 1 saturated heterocycles. The maximum absolute atomic E-state index is 11.9. The van der Waals surface area contributed by atoms with Gasteiger partial charge in [0.05, 0.1) is 18.7 Å². The number of rotatable bonds is 6. The van der Waals surface area contributed by atoms with Gasteiger partial charge < -0.3 is 5.32 Å². The molecule has 7 nitrogen and oxygen atoms in total. The first-order chi connectivity index (χ1) is 14.1. The molecule has 1 aromatic carbocycles. The zero-order valence-electron chi connectivity index (χ0n) is 17.1. The molecule has 0 bridgehead atoms. The Bertz CT molecular complexity index is 1080. The second kappa shape index (κ2) is 8.61. The molecule has 1 aliphatic heterocycles. The summed E-state index contributed by atoms with van der Waals surface area (Å²) in [4.78, 5) is 16.5. The van der Waals surface area contributed by atoms with Gasteiger partial charge in [0.25, 0.3) is 0 Å². The highest BCUT2D eigenvalue weighted by Gasteiger charge is 2.20. The number of para-hydroxylation sites is 1. The number of benzene rings is 1. The molecule has 8 heteroatoms. The lowest BCUT2D eigenvalue weighted by Gasteiger charge is -2.33. The SMILES string of the molecule is CCCNC(=O)CN1CCN(Cn2nc3cc(C)c4ccccc4n3c2=S)CC1. The minimum atomic E-state index is 0.116. The number of hydrogen-bond acceptors (Lipinski definition) is 5. The molecule has 1 aliphatic rings. The van der Waals surface area contributed by atoms with Crippen LogP contribution in [0.2, 0.25) is 0 Å². The van der Waals surface area contributed by atoms with E-state index >= 15 is 0 Å². The molecule has 154 valence electrons. The summed E-state index contributed by atoms with van der Waals surface area (Å²) in [5, 5.41) is 8.92. The van der Waals surface area contributed by atoms with Crippen LogP contribution in [0.1, 0.15) is 18.9 Å². The quantitative estimate of drug-likeness (QED) is 0.630. The fraction of sp³-hybridized carbons (Fsp3) is 0.476. The van der Waals surface area contributed by atoms with Crippen molar-refractivity contribution in [2.75, 3.05) is 39.3 Å². The third-order valence-electron chi connectivity index (χ3n) is 5.52. The average molecular weight is 413 g/mol. The van der Waals surface area contributed by atoms with Crippen molar-refractivity contribution in [2.45, 2.75) is 26.9 Å². The first-order valence-corrected chi connectivity index (χ1v) is 10.7. The monoisotopic (exact) mass is 412 g/mol. The lowest BCUT2D eigenvalue weighted by atomic mass is 10.1. The Morgan fingerprint density at radius 1 is 1.17 bits per heavy atom. The van der Waals surface area contributed by atoms with E-state index in [9.17, 15) is 4.79 Å². The number of carbonyl (C=O) groups is 1. The van der Waals surface area contributed by atoms with E-state index in [0.717, 1.165) is 55.1 Å². The maximum Gasteiger partial charge on any atom is 0.234 e. The third-order valence-corrected chi connectivity index (χ3v) is 5.91. The van der Waals surface area contributed by atoms with Crippen molar-refractivity contribution in [1.29, 1.82) is 0 Å². The number of pyridine rings is 1. The highest BCUT2D eigenvalue weighted by atomic mass is 32.1. The highest BCUT2D eigenvalue weighted by molar-refractivity contribution is 7.71. The van der Waals surface area contributed by atoms with Crippen LogP contribution in [-0.2, 0) is 11.5 Å². The van der Waals surface area contributed by atoms with Gasteiger partial charge >= 0.3 is 0 Å². The van der Waals surface area contributed by atoms with Crippen LogP contribution in [0, 0.1) is 11.7 Å². The van der Waals surface area contributed by atoms with Crippen molar-refractivity contribution in [3.8, 4) is 0 Å². The van der Waals surface area contributed by atoms with Gasteiger partial charge in [-0.25, -0.2) is 4.68 Å². The minimum Gasteiger partial charge on any atom is -0.355 e. The first kappa shape index (κ1) is 20.0. The standard InChI is InChI=1S/C21H28N6OS/c1-3-8-22-20(28)14-24-9-11-25(12-10-24)15-26-21(29)27-18-7-5-4-6-17(18)16(2)13-19(27)23-26/h4-7,13H,3,8-12,14-15H2,1-2H3,(H,22,28). The maximum atomic E-state index is 11.9. The van der Waals surface area contributed by atoms with Crippen LogP contribution in [0.25, 0.3) is 16.6 Å². The van der Waals surface area contributed by atoms with Gasteiger partial charge in [-0.1, -0.05) is 25.1 Å². The van der Waals surface area contributed by atoms with Gasteiger partial charge in [0.1, 0.15) is 0 Å². The fourth-order valence-corrected chi connectivity index (χ4v) is 4.20. The molecule has 0 aliphatic carbocycles. The summed E-state index contributed by atoms with van der Waals surface area (Å²) in [5.74, 6) is 0.116. The summed E-state index contributed by atoms with van der Waals surface area (Å²) < 4.78 is 4.70. The van der Waals surface area contributed by atoms with E-state index in [1.54, 1.807) is 0 Å². The molecule has 0 unspecified atom stereocenters. The van der Waals surface area contributed by atoms with Gasteiger partial charge in [-0.15, -0.1) is 0 Å². The molecule has 29 heavy (non-hydrogen) atoms. The van der Waals surface area contributed by atoms with Gasteiger partial charge in [-0.3, -0.25) is 19.0 Å².